The number of fused-ring (bicyclic) bond motifs is 1. The molecular weight excluding hydrogens is 848 g/mol. The molecule has 41 heavy (non-hydrogen) atoms. The molecule has 0 saturated carbocycles. The highest BCUT2D eigenvalue weighted by atomic mass is 79.9. The highest BCUT2D eigenvalue weighted by molar-refractivity contribution is 9.12. The van der Waals surface area contributed by atoms with E-state index in [0.717, 1.165) is 18.2 Å². The second kappa shape index (κ2) is 13.5. The van der Waals surface area contributed by atoms with E-state index in [0.29, 0.717) is 5.33 Å². The van der Waals surface area contributed by atoms with E-state index in [9.17, 15) is 40.6 Å². The smallest absolute Gasteiger partial charge is 0.296 e. The number of rotatable bonds is 10. The Balaban J connectivity index is 2.19. The number of anilines is 2. The van der Waals surface area contributed by atoms with E-state index in [1.54, 1.807) is 0 Å². The first-order valence-corrected chi connectivity index (χ1v) is 17.8. The van der Waals surface area contributed by atoms with Crippen LogP contribution >= 0.6 is 63.7 Å². The summed E-state index contributed by atoms with van der Waals surface area (Å²) < 4.78 is 67.7. The molecule has 19 heteroatoms. The van der Waals surface area contributed by atoms with Crippen LogP contribution in [0.5, 0.6) is 5.75 Å². The largest absolute Gasteiger partial charge is 0.505 e. The Morgan fingerprint density at radius 2 is 1.29 bits per heavy atom. The first-order valence-electron chi connectivity index (χ1n) is 10.9. The number of phenolic OH excluding ortho intramolecular Hbond substituents is 1. The Hall–Kier alpha value is -2.00. The maximum absolute atomic E-state index is 12.2. The number of benzene rings is 3. The van der Waals surface area contributed by atoms with Crippen molar-refractivity contribution in [2.75, 3.05) is 21.3 Å². The summed E-state index contributed by atoms with van der Waals surface area (Å²) in [6, 6.07) is 8.28. The lowest BCUT2D eigenvalue weighted by molar-refractivity contribution is -0.116. The molecule has 3 rings (SSSR count). The molecule has 0 aliphatic carbocycles. The Kier molecular flexibility index (Phi) is 11.1. The van der Waals surface area contributed by atoms with Crippen LogP contribution in [-0.4, -0.2) is 63.2 Å². The predicted molar refractivity (Wildman–Crippen MR) is 166 cm³/mol. The lowest BCUT2D eigenvalue weighted by Crippen LogP contribution is -2.23. The first kappa shape index (κ1) is 33.5. The predicted octanol–water partition coefficient (Wildman–Crippen LogP) is 5.65. The summed E-state index contributed by atoms with van der Waals surface area (Å²) in [5.41, 5.74) is -1.02. The SMILES string of the molecule is O=C(Nc1ccc(S(=O)(=O)O)c(N=Nc2c(S(=O)(=O)O)cc3ccc(NC(=O)C(Br)CBr)cc3c2O)c1)C(Br)CBr. The van der Waals surface area contributed by atoms with Crippen molar-refractivity contribution in [2.45, 2.75) is 19.4 Å². The van der Waals surface area contributed by atoms with Gasteiger partial charge < -0.3 is 15.7 Å². The molecule has 13 nitrogen and oxygen atoms in total. The molecule has 0 aromatic heterocycles. The Bertz CT molecular complexity index is 1770. The van der Waals surface area contributed by atoms with Gasteiger partial charge in [-0.25, -0.2) is 0 Å². The fourth-order valence-electron chi connectivity index (χ4n) is 3.29. The summed E-state index contributed by atoms with van der Waals surface area (Å²) in [5.74, 6) is -1.69. The number of nitrogens with zero attached hydrogens (tertiary/aromatic N) is 2. The molecule has 0 saturated heterocycles. The minimum Gasteiger partial charge on any atom is -0.505 e. The van der Waals surface area contributed by atoms with Crippen molar-refractivity contribution in [2.24, 2.45) is 10.2 Å². The maximum Gasteiger partial charge on any atom is 0.296 e. The summed E-state index contributed by atoms with van der Waals surface area (Å²) in [6.07, 6.45) is 0. The third-order valence-electron chi connectivity index (χ3n) is 5.20. The van der Waals surface area contributed by atoms with Gasteiger partial charge in [-0.1, -0.05) is 69.8 Å². The van der Waals surface area contributed by atoms with Gasteiger partial charge in [-0.05, 0) is 41.8 Å². The Labute approximate surface area is 267 Å². The van der Waals surface area contributed by atoms with Crippen molar-refractivity contribution in [1.82, 2.24) is 0 Å². The molecule has 0 aliphatic heterocycles. The normalized spacial score (nSPS) is 13.7. The number of nitrogens with one attached hydrogen (secondary N) is 2. The molecule has 0 spiro atoms. The Morgan fingerprint density at radius 1 is 0.780 bits per heavy atom. The number of hydrogen-bond donors (Lipinski definition) is 5. The van der Waals surface area contributed by atoms with E-state index in [4.69, 9.17) is 0 Å². The van der Waals surface area contributed by atoms with E-state index in [1.165, 1.54) is 24.3 Å². The number of phenols is 1. The van der Waals surface area contributed by atoms with Gasteiger partial charge in [0, 0.05) is 27.4 Å². The second-order valence-corrected chi connectivity index (χ2v) is 14.3. The number of halogens is 4. The van der Waals surface area contributed by atoms with Crippen LogP contribution < -0.4 is 10.6 Å². The monoisotopic (exact) mass is 862 g/mol. The standard InChI is InChI=1S/C22H18Br4N4O9S2/c23-8-14(25)21(32)27-11-2-1-10-5-18(41(37,38)39)19(20(31)13(10)6-11)30-29-16-7-12(28-22(33)15(26)9-24)3-4-17(16)40(34,35)36/h1-7,14-15,31H,8-9H2,(H,27,32)(H,28,33)(H,34,35,36)(H,37,38,39). The van der Waals surface area contributed by atoms with Crippen molar-refractivity contribution >= 4 is 129 Å². The van der Waals surface area contributed by atoms with Gasteiger partial charge in [0.25, 0.3) is 20.2 Å². The van der Waals surface area contributed by atoms with E-state index >= 15 is 0 Å². The van der Waals surface area contributed by atoms with Crippen molar-refractivity contribution in [3.05, 3.63) is 42.5 Å². The number of carbonyl (C=O) groups excluding carboxylic acids is 2. The van der Waals surface area contributed by atoms with Gasteiger partial charge in [0.2, 0.25) is 11.8 Å². The van der Waals surface area contributed by atoms with Gasteiger partial charge in [-0.3, -0.25) is 18.7 Å². The zero-order valence-corrected chi connectivity index (χ0v) is 28.1. The zero-order chi connectivity index (χ0) is 30.7. The highest BCUT2D eigenvalue weighted by Gasteiger charge is 2.24. The van der Waals surface area contributed by atoms with E-state index in [2.05, 4.69) is 84.6 Å². The number of aromatic hydroxyl groups is 1. The van der Waals surface area contributed by atoms with Crippen molar-refractivity contribution in [3.63, 3.8) is 0 Å². The average Bonchev–Trinajstić information content (AvgIpc) is 2.90. The van der Waals surface area contributed by atoms with Crippen LogP contribution in [0.15, 0.2) is 62.5 Å². The van der Waals surface area contributed by atoms with Gasteiger partial charge in [0.05, 0.1) is 0 Å². The fraction of sp³-hybridized carbons (Fsp3) is 0.182. The van der Waals surface area contributed by atoms with Crippen LogP contribution in [0.25, 0.3) is 10.8 Å². The van der Waals surface area contributed by atoms with Crippen LogP contribution in [-0.2, 0) is 29.8 Å². The fourth-order valence-corrected chi connectivity index (χ4v) is 5.37. The molecule has 3 aromatic carbocycles. The van der Waals surface area contributed by atoms with Crippen LogP contribution in [0.2, 0.25) is 0 Å². The molecule has 0 fully saturated rings. The average molecular weight is 866 g/mol. The maximum atomic E-state index is 12.2. The summed E-state index contributed by atoms with van der Waals surface area (Å²) in [7, 11) is -9.87. The van der Waals surface area contributed by atoms with Crippen LogP contribution in [0, 0.1) is 0 Å². The van der Waals surface area contributed by atoms with Gasteiger partial charge in [0.15, 0.2) is 5.75 Å². The molecule has 220 valence electrons. The quantitative estimate of drug-likeness (QED) is 0.0967. The minimum absolute atomic E-state index is 0.00303. The first-order chi connectivity index (χ1) is 19.1. The lowest BCUT2D eigenvalue weighted by Gasteiger charge is -2.12. The topological polar surface area (TPSA) is 212 Å². The molecule has 0 radical (unpaired) electrons. The van der Waals surface area contributed by atoms with E-state index in [1.807, 2.05) is 0 Å². The lowest BCUT2D eigenvalue weighted by atomic mass is 10.1. The third-order valence-corrected chi connectivity index (χ3v) is 11.5. The minimum atomic E-state index is -5.00. The van der Waals surface area contributed by atoms with Gasteiger partial charge in [-0.2, -0.15) is 16.8 Å². The van der Waals surface area contributed by atoms with Crippen LogP contribution in [0.1, 0.15) is 0 Å². The van der Waals surface area contributed by atoms with Crippen LogP contribution in [0.3, 0.4) is 0 Å². The Morgan fingerprint density at radius 3 is 1.80 bits per heavy atom. The summed E-state index contributed by atoms with van der Waals surface area (Å²) in [6.45, 7) is 0. The molecule has 0 heterocycles. The van der Waals surface area contributed by atoms with E-state index in [-0.39, 0.29) is 27.5 Å². The van der Waals surface area contributed by atoms with Gasteiger partial charge in [-0.15, -0.1) is 10.2 Å². The number of azo groups is 1. The molecule has 5 N–H and O–H groups in total. The molecule has 0 aliphatic rings. The number of hydrogen-bond acceptors (Lipinski definition) is 9. The van der Waals surface area contributed by atoms with Crippen molar-refractivity contribution in [3.8, 4) is 5.75 Å². The molecule has 0 bridgehead atoms. The summed E-state index contributed by atoms with van der Waals surface area (Å²) >= 11 is 12.6. The summed E-state index contributed by atoms with van der Waals surface area (Å²) in [4.78, 5) is 21.6. The zero-order valence-electron chi connectivity index (χ0n) is 20.1. The second-order valence-electron chi connectivity index (χ2n) is 8.06. The van der Waals surface area contributed by atoms with Crippen molar-refractivity contribution in [1.29, 1.82) is 0 Å². The number of alkyl halides is 4. The van der Waals surface area contributed by atoms with Crippen molar-refractivity contribution < 1.29 is 40.6 Å². The van der Waals surface area contributed by atoms with Gasteiger partial charge >= 0.3 is 0 Å². The highest BCUT2D eigenvalue weighted by Crippen LogP contribution is 2.42. The molecule has 2 atom stereocenters. The molecular formula is C22H18Br4N4O9S2. The number of amides is 2. The van der Waals surface area contributed by atoms with Gasteiger partial charge in [0.1, 0.15) is 30.8 Å². The van der Waals surface area contributed by atoms with Crippen LogP contribution in [0.4, 0.5) is 22.7 Å². The number of carbonyl (C=O) groups is 2. The molecule has 2 amide bonds. The van der Waals surface area contributed by atoms with E-state index < -0.39 is 68.6 Å². The summed E-state index contributed by atoms with van der Waals surface area (Å²) in [5, 5.41) is 24.2. The molecule has 3 aromatic rings. The third kappa shape index (κ3) is 8.31. The molecule has 2 unspecified atom stereocenters.